The highest BCUT2D eigenvalue weighted by molar-refractivity contribution is 7.92. The van der Waals surface area contributed by atoms with E-state index in [1.54, 1.807) is 0 Å². The van der Waals surface area contributed by atoms with Crippen LogP contribution in [0.3, 0.4) is 0 Å². The molecule has 1 saturated heterocycles. The molecule has 1 aliphatic rings. The second-order valence-electron chi connectivity index (χ2n) is 6.42. The molecule has 1 rings (SSSR count). The Kier molecular flexibility index (Phi) is 5.83. The van der Waals surface area contributed by atoms with Gasteiger partial charge in [0, 0.05) is 38.0 Å². The van der Waals surface area contributed by atoms with Crippen molar-refractivity contribution in [1.29, 1.82) is 0 Å². The summed E-state index contributed by atoms with van der Waals surface area (Å²) in [5.41, 5.74) is 0. The van der Waals surface area contributed by atoms with Crippen LogP contribution in [-0.4, -0.2) is 56.0 Å². The Hall–Kier alpha value is -0.130. The van der Waals surface area contributed by atoms with Crippen molar-refractivity contribution in [3.05, 3.63) is 0 Å². The third-order valence-corrected chi connectivity index (χ3v) is 6.45. The van der Waals surface area contributed by atoms with Crippen molar-refractivity contribution in [2.24, 2.45) is 0 Å². The van der Waals surface area contributed by atoms with Crippen molar-refractivity contribution < 1.29 is 8.42 Å². The van der Waals surface area contributed by atoms with E-state index in [0.717, 1.165) is 32.4 Å². The first-order chi connectivity index (χ1) is 8.71. The van der Waals surface area contributed by atoms with Crippen LogP contribution < -0.4 is 5.32 Å². The summed E-state index contributed by atoms with van der Waals surface area (Å²) in [6.45, 7) is 10.6. The van der Waals surface area contributed by atoms with E-state index in [-0.39, 0.29) is 0 Å². The van der Waals surface area contributed by atoms with Crippen LogP contribution in [0.25, 0.3) is 0 Å². The van der Waals surface area contributed by atoms with E-state index in [0.29, 0.717) is 18.6 Å². The lowest BCUT2D eigenvalue weighted by atomic mass is 10.0. The van der Waals surface area contributed by atoms with Gasteiger partial charge >= 0.3 is 0 Å². The maximum absolute atomic E-state index is 11.9. The average molecular weight is 290 g/mol. The van der Waals surface area contributed by atoms with Crippen molar-refractivity contribution in [2.45, 2.75) is 63.8 Å². The predicted octanol–water partition coefficient (Wildman–Crippen LogP) is 1.66. The fourth-order valence-corrected chi connectivity index (χ4v) is 3.07. The first kappa shape index (κ1) is 16.9. The van der Waals surface area contributed by atoms with Gasteiger partial charge in [0.1, 0.15) is 0 Å². The SMILES string of the molecule is CCCC1CN(CC(C)(C)S(C)(=O)=O)C(CC)CN1. The molecule has 0 aliphatic carbocycles. The predicted molar refractivity (Wildman–Crippen MR) is 81.3 cm³/mol. The van der Waals surface area contributed by atoms with Gasteiger partial charge in [0.25, 0.3) is 0 Å². The molecular weight excluding hydrogens is 260 g/mol. The highest BCUT2D eigenvalue weighted by Gasteiger charge is 2.36. The number of hydrogen-bond donors (Lipinski definition) is 1. The van der Waals surface area contributed by atoms with Gasteiger partial charge in [-0.15, -0.1) is 0 Å². The van der Waals surface area contributed by atoms with E-state index < -0.39 is 14.6 Å². The van der Waals surface area contributed by atoms with Crippen LogP contribution in [0.1, 0.15) is 47.0 Å². The number of sulfone groups is 1. The standard InChI is InChI=1S/C14H30N2O2S/c1-6-8-12-10-16(13(7-2)9-15-12)11-14(3,4)19(5,17)18/h12-13,15H,6-11H2,1-5H3. The molecule has 0 amide bonds. The molecule has 0 bridgehead atoms. The Morgan fingerprint density at radius 1 is 1.32 bits per heavy atom. The highest BCUT2D eigenvalue weighted by atomic mass is 32.2. The summed E-state index contributed by atoms with van der Waals surface area (Å²) < 4.78 is 23.1. The van der Waals surface area contributed by atoms with Crippen LogP contribution in [0, 0.1) is 0 Å². The molecule has 0 saturated carbocycles. The Morgan fingerprint density at radius 3 is 2.42 bits per heavy atom. The van der Waals surface area contributed by atoms with Gasteiger partial charge in [-0.05, 0) is 26.7 Å². The molecule has 19 heavy (non-hydrogen) atoms. The molecule has 1 N–H and O–H groups in total. The summed E-state index contributed by atoms with van der Waals surface area (Å²) in [7, 11) is -3.03. The Bertz CT molecular complexity index is 379. The molecule has 2 unspecified atom stereocenters. The molecule has 4 nitrogen and oxygen atoms in total. The van der Waals surface area contributed by atoms with E-state index in [1.165, 1.54) is 6.26 Å². The molecule has 0 radical (unpaired) electrons. The molecule has 0 aromatic carbocycles. The number of nitrogens with zero attached hydrogens (tertiary/aromatic N) is 1. The molecule has 0 spiro atoms. The third kappa shape index (κ3) is 4.43. The molecule has 2 atom stereocenters. The van der Waals surface area contributed by atoms with Crippen molar-refractivity contribution in [3.8, 4) is 0 Å². The van der Waals surface area contributed by atoms with Gasteiger partial charge in [0.05, 0.1) is 4.75 Å². The maximum Gasteiger partial charge on any atom is 0.153 e. The van der Waals surface area contributed by atoms with E-state index in [9.17, 15) is 8.42 Å². The molecule has 114 valence electrons. The first-order valence-electron chi connectivity index (χ1n) is 7.38. The lowest BCUT2D eigenvalue weighted by Gasteiger charge is -2.43. The van der Waals surface area contributed by atoms with Crippen LogP contribution in [0.2, 0.25) is 0 Å². The fraction of sp³-hybridized carbons (Fsp3) is 1.00. The Morgan fingerprint density at radius 2 is 1.95 bits per heavy atom. The van der Waals surface area contributed by atoms with Crippen molar-refractivity contribution in [3.63, 3.8) is 0 Å². The average Bonchev–Trinajstić information content (AvgIpc) is 2.28. The zero-order valence-electron chi connectivity index (χ0n) is 13.1. The molecule has 1 heterocycles. The summed E-state index contributed by atoms with van der Waals surface area (Å²) in [6, 6.07) is 0.956. The second kappa shape index (κ2) is 6.55. The molecule has 0 aromatic rings. The van der Waals surface area contributed by atoms with E-state index in [2.05, 4.69) is 24.1 Å². The van der Waals surface area contributed by atoms with E-state index >= 15 is 0 Å². The number of piperazine rings is 1. The maximum atomic E-state index is 11.9. The minimum atomic E-state index is -3.03. The number of nitrogens with one attached hydrogen (secondary N) is 1. The molecule has 0 aromatic heterocycles. The summed E-state index contributed by atoms with van der Waals surface area (Å²) >= 11 is 0. The van der Waals surface area contributed by atoms with Gasteiger partial charge in [-0.2, -0.15) is 0 Å². The van der Waals surface area contributed by atoms with Crippen LogP contribution in [-0.2, 0) is 9.84 Å². The van der Waals surface area contributed by atoms with E-state index in [1.807, 2.05) is 13.8 Å². The molecule has 1 fully saturated rings. The lowest BCUT2D eigenvalue weighted by molar-refractivity contribution is 0.113. The largest absolute Gasteiger partial charge is 0.311 e. The molecule has 5 heteroatoms. The smallest absolute Gasteiger partial charge is 0.153 e. The lowest BCUT2D eigenvalue weighted by Crippen LogP contribution is -2.59. The van der Waals surface area contributed by atoms with Crippen LogP contribution in [0.4, 0.5) is 0 Å². The highest BCUT2D eigenvalue weighted by Crippen LogP contribution is 2.21. The van der Waals surface area contributed by atoms with Crippen molar-refractivity contribution in [1.82, 2.24) is 10.2 Å². The normalized spacial score (nSPS) is 26.6. The summed E-state index contributed by atoms with van der Waals surface area (Å²) in [5, 5.41) is 3.58. The summed E-state index contributed by atoms with van der Waals surface area (Å²) in [6.07, 6.45) is 4.73. The number of hydrogen-bond acceptors (Lipinski definition) is 4. The van der Waals surface area contributed by atoms with Gasteiger partial charge in [0.15, 0.2) is 9.84 Å². The minimum absolute atomic E-state index is 0.453. The van der Waals surface area contributed by atoms with E-state index in [4.69, 9.17) is 0 Å². The topological polar surface area (TPSA) is 49.4 Å². The van der Waals surface area contributed by atoms with Gasteiger partial charge < -0.3 is 5.32 Å². The summed E-state index contributed by atoms with van der Waals surface area (Å²) in [5.74, 6) is 0. The quantitative estimate of drug-likeness (QED) is 0.808. The Labute approximate surface area is 118 Å². The van der Waals surface area contributed by atoms with Gasteiger partial charge in [-0.25, -0.2) is 8.42 Å². The van der Waals surface area contributed by atoms with Gasteiger partial charge in [0.2, 0.25) is 0 Å². The number of rotatable bonds is 6. The van der Waals surface area contributed by atoms with Crippen molar-refractivity contribution in [2.75, 3.05) is 25.9 Å². The fourth-order valence-electron chi connectivity index (χ4n) is 2.67. The Balaban J connectivity index is 2.76. The summed E-state index contributed by atoms with van der Waals surface area (Å²) in [4.78, 5) is 2.37. The van der Waals surface area contributed by atoms with Crippen molar-refractivity contribution >= 4 is 9.84 Å². The van der Waals surface area contributed by atoms with Crippen LogP contribution >= 0.6 is 0 Å². The zero-order chi connectivity index (χ0) is 14.7. The first-order valence-corrected chi connectivity index (χ1v) is 9.27. The van der Waals surface area contributed by atoms with Gasteiger partial charge in [-0.1, -0.05) is 20.3 Å². The molecule has 1 aliphatic heterocycles. The van der Waals surface area contributed by atoms with Crippen LogP contribution in [0.5, 0.6) is 0 Å². The minimum Gasteiger partial charge on any atom is -0.311 e. The van der Waals surface area contributed by atoms with Crippen LogP contribution in [0.15, 0.2) is 0 Å². The van der Waals surface area contributed by atoms with Gasteiger partial charge in [-0.3, -0.25) is 4.90 Å². The zero-order valence-corrected chi connectivity index (χ0v) is 13.9. The second-order valence-corrected chi connectivity index (χ2v) is 9.07. The monoisotopic (exact) mass is 290 g/mol. The molecular formula is C14H30N2O2S. The third-order valence-electron chi connectivity index (χ3n) is 4.31.